The first kappa shape index (κ1) is 29.7. The van der Waals surface area contributed by atoms with Crippen LogP contribution in [0.3, 0.4) is 0 Å². The topological polar surface area (TPSA) is 146 Å². The second-order valence-electron chi connectivity index (χ2n) is 10.8. The Morgan fingerprint density at radius 1 is 1.00 bits per heavy atom. The highest BCUT2D eigenvalue weighted by atomic mass is 19.1. The van der Waals surface area contributed by atoms with E-state index in [2.05, 4.69) is 4.90 Å². The molecule has 0 atom stereocenters. The Hall–Kier alpha value is -5.36. The van der Waals surface area contributed by atoms with Crippen molar-refractivity contribution in [2.45, 2.75) is 13.5 Å². The lowest BCUT2D eigenvalue weighted by Crippen LogP contribution is -2.47. The van der Waals surface area contributed by atoms with Gasteiger partial charge in [0.25, 0.3) is 0 Å². The van der Waals surface area contributed by atoms with E-state index < -0.39 is 28.2 Å². The van der Waals surface area contributed by atoms with Crippen LogP contribution in [-0.2, 0) is 6.54 Å². The Bertz CT molecular complexity index is 2050. The molecule has 3 N–H and O–H groups in total. The number of hydrogen-bond acceptors (Lipinski definition) is 9. The number of nitrogens with zero attached hydrogens (tertiary/aromatic N) is 3. The monoisotopic (exact) mass is 615 g/mol. The molecule has 1 saturated heterocycles. The second-order valence-corrected chi connectivity index (χ2v) is 10.8. The molecule has 11 nitrogen and oxygen atoms in total. The Morgan fingerprint density at radius 3 is 2.42 bits per heavy atom. The number of hydrogen-bond donors (Lipinski definition) is 3. The van der Waals surface area contributed by atoms with Crippen LogP contribution in [0.1, 0.15) is 17.3 Å². The van der Waals surface area contributed by atoms with Crippen molar-refractivity contribution >= 4 is 33.5 Å². The van der Waals surface area contributed by atoms with Gasteiger partial charge >= 0.3 is 5.97 Å². The van der Waals surface area contributed by atoms with Gasteiger partial charge in [-0.3, -0.25) is 14.5 Å². The number of aromatic carboxylic acids is 1. The van der Waals surface area contributed by atoms with E-state index >= 15 is 4.39 Å². The van der Waals surface area contributed by atoms with E-state index in [1.165, 1.54) is 30.7 Å². The lowest BCUT2D eigenvalue weighted by atomic mass is 10.0. The number of piperazine rings is 1. The van der Waals surface area contributed by atoms with Crippen molar-refractivity contribution in [1.82, 2.24) is 9.47 Å². The lowest BCUT2D eigenvalue weighted by Gasteiger charge is -2.36. The molecule has 0 radical (unpaired) electrons. The lowest BCUT2D eigenvalue weighted by molar-refractivity contribution is 0.0694. The van der Waals surface area contributed by atoms with Gasteiger partial charge in [0.05, 0.1) is 16.8 Å². The van der Waals surface area contributed by atoms with E-state index in [1.54, 1.807) is 28.8 Å². The summed E-state index contributed by atoms with van der Waals surface area (Å²) in [6, 6.07) is 11.7. The van der Waals surface area contributed by atoms with Gasteiger partial charge in [-0.2, -0.15) is 0 Å². The van der Waals surface area contributed by atoms with Crippen molar-refractivity contribution in [3.63, 3.8) is 0 Å². The van der Waals surface area contributed by atoms with Gasteiger partial charge in [-0.1, -0.05) is 12.1 Å². The summed E-state index contributed by atoms with van der Waals surface area (Å²) in [5, 5.41) is 29.6. The van der Waals surface area contributed by atoms with Crippen LogP contribution in [0.5, 0.6) is 17.2 Å². The Labute approximate surface area is 255 Å². The zero-order valence-electron chi connectivity index (χ0n) is 24.3. The molecule has 0 bridgehead atoms. The summed E-state index contributed by atoms with van der Waals surface area (Å²) in [6.07, 6.45) is 2.61. The van der Waals surface area contributed by atoms with E-state index in [0.29, 0.717) is 68.4 Å². The maximum absolute atomic E-state index is 15.2. The smallest absolute Gasteiger partial charge is 0.341 e. The highest BCUT2D eigenvalue weighted by Gasteiger charge is 2.23. The number of carboxylic acids is 1. The van der Waals surface area contributed by atoms with Crippen LogP contribution in [0.25, 0.3) is 33.0 Å². The molecule has 0 amide bonds. The van der Waals surface area contributed by atoms with Crippen LogP contribution < -0.4 is 20.5 Å². The molecular weight excluding hydrogens is 585 g/mol. The third-order valence-electron chi connectivity index (χ3n) is 8.12. The summed E-state index contributed by atoms with van der Waals surface area (Å²) in [7, 11) is 0. The van der Waals surface area contributed by atoms with Crippen LogP contribution in [0.4, 0.5) is 10.1 Å². The number of rotatable bonds is 8. The van der Waals surface area contributed by atoms with E-state index in [0.717, 1.165) is 6.07 Å². The fraction of sp³-hybridized carbons (Fsp3) is 0.242. The molecule has 5 aromatic rings. The van der Waals surface area contributed by atoms with Crippen molar-refractivity contribution < 1.29 is 33.7 Å². The molecule has 1 aliphatic rings. The van der Waals surface area contributed by atoms with Crippen molar-refractivity contribution in [2.75, 3.05) is 44.2 Å². The molecule has 0 unspecified atom stereocenters. The molecule has 0 spiro atoms. The number of pyridine rings is 1. The minimum absolute atomic E-state index is 0.0308. The first-order valence-electron chi connectivity index (χ1n) is 14.4. The standard InChI is InChI=1S/C33H30FN3O8/c1-2-36-17-23(33(42)43)31(40)22-15-25(34)27(16-26(22)36)37-9-7-35(8-10-37)11-12-44-21-13-28(39)30-29(14-21)45-18-24(32(30)41)19-3-5-20(38)6-4-19/h3-6,13-18,38-39H,2,7-12H2,1H3,(H,42,43). The summed E-state index contributed by atoms with van der Waals surface area (Å²) in [5.74, 6) is -1.79. The third kappa shape index (κ3) is 5.67. The Morgan fingerprint density at radius 2 is 1.73 bits per heavy atom. The maximum atomic E-state index is 15.2. The zero-order chi connectivity index (χ0) is 31.8. The number of ether oxygens (including phenoxy) is 1. The second kappa shape index (κ2) is 12.0. The number of benzene rings is 3. The number of carboxylic acid groups (broad SMARTS) is 1. The van der Waals surface area contributed by atoms with Gasteiger partial charge in [0, 0.05) is 63.0 Å². The predicted octanol–water partition coefficient (Wildman–Crippen LogP) is 4.24. The molecule has 1 fully saturated rings. The quantitative estimate of drug-likeness (QED) is 0.232. The number of fused-ring (bicyclic) bond motifs is 2. The van der Waals surface area contributed by atoms with Crippen LogP contribution in [0.2, 0.25) is 0 Å². The van der Waals surface area contributed by atoms with Crippen LogP contribution in [-0.4, -0.2) is 70.1 Å². The highest BCUT2D eigenvalue weighted by molar-refractivity contribution is 5.93. The van der Waals surface area contributed by atoms with Crippen LogP contribution in [0.15, 0.2) is 75.0 Å². The van der Waals surface area contributed by atoms with Crippen molar-refractivity contribution in [2.24, 2.45) is 0 Å². The summed E-state index contributed by atoms with van der Waals surface area (Å²) in [4.78, 5) is 41.3. The summed E-state index contributed by atoms with van der Waals surface area (Å²) in [5.41, 5.74) is 0.290. The van der Waals surface area contributed by atoms with E-state index in [9.17, 15) is 29.7 Å². The fourth-order valence-electron chi connectivity index (χ4n) is 5.69. The number of carbonyl (C=O) groups is 1. The molecule has 1 aliphatic heterocycles. The molecule has 45 heavy (non-hydrogen) atoms. The number of halogens is 1. The molecule has 3 heterocycles. The summed E-state index contributed by atoms with van der Waals surface area (Å²) in [6.45, 7) is 5.38. The first-order chi connectivity index (χ1) is 21.6. The molecule has 12 heteroatoms. The van der Waals surface area contributed by atoms with E-state index in [4.69, 9.17) is 9.15 Å². The molecule has 232 valence electrons. The minimum atomic E-state index is -1.35. The number of aromatic nitrogens is 1. The van der Waals surface area contributed by atoms with Crippen LogP contribution in [0, 0.1) is 5.82 Å². The maximum Gasteiger partial charge on any atom is 0.341 e. The van der Waals surface area contributed by atoms with E-state index in [1.807, 2.05) is 11.8 Å². The molecular formula is C33H30FN3O8. The average molecular weight is 616 g/mol. The van der Waals surface area contributed by atoms with Gasteiger partial charge in [0.15, 0.2) is 0 Å². The van der Waals surface area contributed by atoms with Gasteiger partial charge in [0.1, 0.15) is 52.5 Å². The predicted molar refractivity (Wildman–Crippen MR) is 166 cm³/mol. The number of anilines is 1. The Balaban J connectivity index is 1.10. The molecule has 0 saturated carbocycles. The average Bonchev–Trinajstić information content (AvgIpc) is 3.02. The van der Waals surface area contributed by atoms with Gasteiger partial charge in [-0.25, -0.2) is 9.18 Å². The zero-order valence-corrected chi connectivity index (χ0v) is 24.3. The summed E-state index contributed by atoms with van der Waals surface area (Å²) < 4.78 is 28.4. The molecule has 6 rings (SSSR count). The van der Waals surface area contributed by atoms with Gasteiger partial charge in [-0.05, 0) is 36.8 Å². The molecule has 3 aromatic carbocycles. The van der Waals surface area contributed by atoms with Crippen molar-refractivity contribution in [1.29, 1.82) is 0 Å². The largest absolute Gasteiger partial charge is 0.508 e. The highest BCUT2D eigenvalue weighted by Crippen LogP contribution is 2.31. The third-order valence-corrected chi connectivity index (χ3v) is 8.12. The van der Waals surface area contributed by atoms with Gasteiger partial charge < -0.3 is 33.9 Å². The minimum Gasteiger partial charge on any atom is -0.508 e. The van der Waals surface area contributed by atoms with Gasteiger partial charge in [0.2, 0.25) is 10.9 Å². The molecule has 2 aromatic heterocycles. The van der Waals surface area contributed by atoms with Crippen molar-refractivity contribution in [3.05, 3.63) is 92.8 Å². The Kier molecular flexibility index (Phi) is 7.90. The number of phenolic OH excluding ortho intramolecular Hbond substituents is 2. The van der Waals surface area contributed by atoms with Crippen LogP contribution >= 0.6 is 0 Å². The van der Waals surface area contributed by atoms with E-state index in [-0.39, 0.29) is 33.4 Å². The normalized spacial score (nSPS) is 13.9. The summed E-state index contributed by atoms with van der Waals surface area (Å²) >= 11 is 0. The number of aryl methyl sites for hydroxylation is 1. The SMILES string of the molecule is CCn1cc(C(=O)O)c(=O)c2cc(F)c(N3CCN(CCOc4cc(O)c5c(=O)c(-c6ccc(O)cc6)coc5c4)CC3)cc21. The number of aromatic hydroxyl groups is 2. The van der Waals surface area contributed by atoms with Crippen molar-refractivity contribution in [3.8, 4) is 28.4 Å². The molecule has 0 aliphatic carbocycles. The fourth-order valence-corrected chi connectivity index (χ4v) is 5.69. The van der Waals surface area contributed by atoms with Gasteiger partial charge in [-0.15, -0.1) is 0 Å². The first-order valence-corrected chi connectivity index (χ1v) is 14.4. The number of phenols is 2.